The van der Waals surface area contributed by atoms with Gasteiger partial charge in [0.1, 0.15) is 0 Å². The van der Waals surface area contributed by atoms with Crippen LogP contribution in [0.2, 0.25) is 0 Å². The van der Waals surface area contributed by atoms with E-state index in [1.807, 2.05) is 0 Å². The van der Waals surface area contributed by atoms with Crippen molar-refractivity contribution in [1.82, 2.24) is 0 Å². The third-order valence-corrected chi connectivity index (χ3v) is 3.52. The van der Waals surface area contributed by atoms with Crippen LogP contribution in [0.5, 0.6) is 0 Å². The number of carboxylic acids is 3. The first kappa shape index (κ1) is 17.3. The molecule has 0 aromatic carbocycles. The number of aliphatic hydroxyl groups excluding tert-OH is 3. The Balaban J connectivity index is 6.09. The average Bonchev–Trinajstić information content (AvgIpc) is 2.31. The molecule has 0 rings (SSSR count). The largest absolute Gasteiger partial charge is 0.480 e. The summed E-state index contributed by atoms with van der Waals surface area (Å²) < 4.78 is 0. The van der Waals surface area contributed by atoms with Crippen molar-refractivity contribution < 1.29 is 45.0 Å². The molecule has 0 aliphatic heterocycles. The van der Waals surface area contributed by atoms with E-state index in [0.717, 1.165) is 6.92 Å². The smallest absolute Gasteiger partial charge is 0.333 e. The van der Waals surface area contributed by atoms with Gasteiger partial charge in [-0.15, -0.1) is 0 Å². The molecule has 6 N–H and O–H groups in total. The third-order valence-electron chi connectivity index (χ3n) is 3.52. The topological polar surface area (TPSA) is 173 Å². The molecule has 0 fully saturated rings. The van der Waals surface area contributed by atoms with Crippen molar-refractivity contribution in [2.75, 3.05) is 19.8 Å². The Kier molecular flexibility index (Phi) is 5.42. The molecular weight excluding hydrogens is 264 g/mol. The van der Waals surface area contributed by atoms with Crippen LogP contribution in [-0.2, 0) is 14.4 Å². The zero-order valence-corrected chi connectivity index (χ0v) is 10.1. The second-order valence-electron chi connectivity index (χ2n) is 4.28. The summed E-state index contributed by atoms with van der Waals surface area (Å²) >= 11 is 0. The third kappa shape index (κ3) is 2.39. The van der Waals surface area contributed by atoms with Crippen LogP contribution in [0.25, 0.3) is 0 Å². The van der Waals surface area contributed by atoms with Crippen LogP contribution in [0.3, 0.4) is 0 Å². The molecule has 0 aromatic rings. The average molecular weight is 280 g/mol. The highest BCUT2D eigenvalue weighted by atomic mass is 16.4. The summed E-state index contributed by atoms with van der Waals surface area (Å²) in [5.74, 6) is -8.23. The molecule has 0 bridgehead atoms. The molecule has 110 valence electrons. The highest BCUT2D eigenvalue weighted by Crippen LogP contribution is 2.41. The van der Waals surface area contributed by atoms with Crippen LogP contribution in [0, 0.1) is 16.7 Å². The molecule has 19 heavy (non-hydrogen) atoms. The molecule has 0 radical (unpaired) electrons. The molecule has 0 aliphatic rings. The van der Waals surface area contributed by atoms with Crippen molar-refractivity contribution in [3.05, 3.63) is 0 Å². The molecule has 0 spiro atoms. The van der Waals surface area contributed by atoms with Gasteiger partial charge in [-0.05, 0) is 0 Å². The van der Waals surface area contributed by atoms with Crippen LogP contribution < -0.4 is 0 Å². The first-order valence-electron chi connectivity index (χ1n) is 5.20. The van der Waals surface area contributed by atoms with Gasteiger partial charge in [0.05, 0.1) is 19.8 Å². The van der Waals surface area contributed by atoms with E-state index in [-0.39, 0.29) is 0 Å². The quantitative estimate of drug-likeness (QED) is 0.270. The van der Waals surface area contributed by atoms with Crippen LogP contribution in [0.15, 0.2) is 0 Å². The predicted octanol–water partition coefficient (Wildman–Crippen LogP) is -2.17. The van der Waals surface area contributed by atoms with Gasteiger partial charge in [-0.2, -0.15) is 0 Å². The summed E-state index contributed by atoms with van der Waals surface area (Å²) in [7, 11) is 0. The van der Waals surface area contributed by atoms with E-state index in [1.165, 1.54) is 0 Å². The molecule has 0 amide bonds. The van der Waals surface area contributed by atoms with Crippen molar-refractivity contribution in [2.45, 2.75) is 6.92 Å². The van der Waals surface area contributed by atoms with Gasteiger partial charge in [0, 0.05) is 11.3 Å². The number of aliphatic carboxylic acids is 3. The first-order chi connectivity index (χ1) is 8.67. The monoisotopic (exact) mass is 280 g/mol. The zero-order valence-electron chi connectivity index (χ0n) is 10.1. The second kappa shape index (κ2) is 5.95. The van der Waals surface area contributed by atoms with E-state index in [2.05, 4.69) is 0 Å². The van der Waals surface area contributed by atoms with Crippen LogP contribution >= 0.6 is 0 Å². The highest BCUT2D eigenvalue weighted by Gasteiger charge is 2.63. The summed E-state index contributed by atoms with van der Waals surface area (Å²) in [4.78, 5) is 33.4. The molecule has 0 saturated heterocycles. The van der Waals surface area contributed by atoms with Gasteiger partial charge in [-0.3, -0.25) is 14.4 Å². The SMILES string of the molecule is CC(C(CO)(CO)CO)C(C(=O)O)(C(=O)O)C(=O)O. The molecule has 9 heteroatoms. The molecule has 1 unspecified atom stereocenters. The number of carboxylic acid groups (broad SMARTS) is 3. The Bertz CT molecular complexity index is 327. The Morgan fingerprint density at radius 2 is 1.11 bits per heavy atom. The van der Waals surface area contributed by atoms with Crippen LogP contribution in [0.4, 0.5) is 0 Å². The number of hydrogen-bond donors (Lipinski definition) is 6. The maximum Gasteiger partial charge on any atom is 0.333 e. The standard InChI is InChI=1S/C10H16O9/c1-5(9(2-11,3-12)4-13)10(6(14)15,7(16)17)8(18)19/h5,11-13H,2-4H2,1H3,(H,14,15)(H,16,17)(H,18,19). The maximum absolute atomic E-state index is 11.1. The van der Waals surface area contributed by atoms with Crippen molar-refractivity contribution >= 4 is 17.9 Å². The number of carbonyl (C=O) groups is 3. The molecule has 0 heterocycles. The maximum atomic E-state index is 11.1. The van der Waals surface area contributed by atoms with Gasteiger partial charge in [0.25, 0.3) is 5.41 Å². The molecular formula is C10H16O9. The molecule has 0 saturated carbocycles. The van der Waals surface area contributed by atoms with Crippen molar-refractivity contribution in [2.24, 2.45) is 16.7 Å². The summed E-state index contributed by atoms with van der Waals surface area (Å²) in [6.07, 6.45) is 0. The lowest BCUT2D eigenvalue weighted by molar-refractivity contribution is -0.188. The second-order valence-corrected chi connectivity index (χ2v) is 4.28. The lowest BCUT2D eigenvalue weighted by Gasteiger charge is -2.40. The van der Waals surface area contributed by atoms with E-state index in [4.69, 9.17) is 30.6 Å². The van der Waals surface area contributed by atoms with Gasteiger partial charge in [0.15, 0.2) is 0 Å². The van der Waals surface area contributed by atoms with Crippen molar-refractivity contribution in [3.63, 3.8) is 0 Å². The summed E-state index contributed by atoms with van der Waals surface area (Å²) in [6, 6.07) is 0. The first-order valence-corrected chi connectivity index (χ1v) is 5.20. The fraction of sp³-hybridized carbons (Fsp3) is 0.700. The Labute approximate surface area is 107 Å². The molecule has 0 aromatic heterocycles. The fourth-order valence-electron chi connectivity index (χ4n) is 1.85. The Morgan fingerprint density at radius 1 is 0.842 bits per heavy atom. The van der Waals surface area contributed by atoms with E-state index in [1.54, 1.807) is 0 Å². The summed E-state index contributed by atoms with van der Waals surface area (Å²) in [5, 5.41) is 54.4. The van der Waals surface area contributed by atoms with Gasteiger partial charge >= 0.3 is 17.9 Å². The van der Waals surface area contributed by atoms with Gasteiger partial charge < -0.3 is 30.6 Å². The van der Waals surface area contributed by atoms with E-state index in [9.17, 15) is 14.4 Å². The minimum Gasteiger partial charge on any atom is -0.480 e. The van der Waals surface area contributed by atoms with Crippen molar-refractivity contribution in [1.29, 1.82) is 0 Å². The lowest BCUT2D eigenvalue weighted by atomic mass is 9.63. The number of hydrogen-bond acceptors (Lipinski definition) is 6. The Morgan fingerprint density at radius 3 is 1.26 bits per heavy atom. The number of rotatable bonds is 8. The van der Waals surface area contributed by atoms with Gasteiger partial charge in [-0.1, -0.05) is 6.92 Å². The van der Waals surface area contributed by atoms with E-state index < -0.39 is 54.5 Å². The normalized spacial score (nSPS) is 13.9. The van der Waals surface area contributed by atoms with E-state index >= 15 is 0 Å². The molecule has 0 aliphatic carbocycles. The minimum absolute atomic E-state index is 0.930. The number of aliphatic hydroxyl groups is 3. The Hall–Kier alpha value is -1.71. The molecule has 1 atom stereocenters. The van der Waals surface area contributed by atoms with Crippen LogP contribution in [0.1, 0.15) is 6.92 Å². The van der Waals surface area contributed by atoms with Gasteiger partial charge in [-0.25, -0.2) is 0 Å². The minimum atomic E-state index is -3.28. The predicted molar refractivity (Wildman–Crippen MR) is 58.2 cm³/mol. The zero-order chi connectivity index (χ0) is 15.4. The highest BCUT2D eigenvalue weighted by molar-refractivity contribution is 6.16. The molecule has 9 nitrogen and oxygen atoms in total. The van der Waals surface area contributed by atoms with Crippen LogP contribution in [-0.4, -0.2) is 68.4 Å². The fourth-order valence-corrected chi connectivity index (χ4v) is 1.85. The lowest BCUT2D eigenvalue weighted by Crippen LogP contribution is -2.59. The summed E-state index contributed by atoms with van der Waals surface area (Å²) in [5.41, 5.74) is -5.25. The van der Waals surface area contributed by atoms with E-state index in [0.29, 0.717) is 0 Å². The van der Waals surface area contributed by atoms with Gasteiger partial charge in [0.2, 0.25) is 0 Å². The summed E-state index contributed by atoms with van der Waals surface area (Å²) in [6.45, 7) is -2.00. The van der Waals surface area contributed by atoms with Crippen molar-refractivity contribution in [3.8, 4) is 0 Å².